The summed E-state index contributed by atoms with van der Waals surface area (Å²) in [7, 11) is 0. The number of hydrogen-bond acceptors (Lipinski definition) is 2. The van der Waals surface area contributed by atoms with Crippen molar-refractivity contribution in [1.82, 2.24) is 5.32 Å². The Kier molecular flexibility index (Phi) is 5.00. The number of rotatable bonds is 6. The van der Waals surface area contributed by atoms with E-state index in [1.165, 1.54) is 24.0 Å². The molecule has 106 valence electrons. The van der Waals surface area contributed by atoms with Crippen molar-refractivity contribution in [1.29, 1.82) is 0 Å². The normalized spacial score (nSPS) is 24.6. The van der Waals surface area contributed by atoms with Gasteiger partial charge in [0, 0.05) is 6.61 Å². The molecule has 0 spiro atoms. The van der Waals surface area contributed by atoms with Crippen molar-refractivity contribution in [3.05, 3.63) is 35.4 Å². The van der Waals surface area contributed by atoms with Crippen LogP contribution in [0.3, 0.4) is 0 Å². The average Bonchev–Trinajstić information content (AvgIpc) is 2.84. The van der Waals surface area contributed by atoms with Crippen molar-refractivity contribution < 1.29 is 4.74 Å². The predicted molar refractivity (Wildman–Crippen MR) is 80.4 cm³/mol. The summed E-state index contributed by atoms with van der Waals surface area (Å²) in [6.07, 6.45) is 4.67. The molecule has 2 atom stereocenters. The maximum Gasteiger partial charge on any atom is 0.0849 e. The van der Waals surface area contributed by atoms with Crippen LogP contribution in [0.25, 0.3) is 0 Å². The first-order chi connectivity index (χ1) is 9.19. The molecule has 1 aromatic carbocycles. The number of aryl methyl sites for hydroxylation is 1. The first-order valence-electron chi connectivity index (χ1n) is 7.66. The Balaban J connectivity index is 2.25. The van der Waals surface area contributed by atoms with Crippen LogP contribution in [-0.2, 0) is 11.2 Å². The van der Waals surface area contributed by atoms with Gasteiger partial charge in [-0.1, -0.05) is 44.5 Å². The molecule has 1 aromatic rings. The van der Waals surface area contributed by atoms with E-state index in [1.54, 1.807) is 0 Å². The predicted octanol–water partition coefficient (Wildman–Crippen LogP) is 3.86. The largest absolute Gasteiger partial charge is 0.373 e. The van der Waals surface area contributed by atoms with Gasteiger partial charge in [0.25, 0.3) is 0 Å². The summed E-state index contributed by atoms with van der Waals surface area (Å²) in [6, 6.07) is 9.30. The lowest BCUT2D eigenvalue weighted by molar-refractivity contribution is -0.0121. The summed E-state index contributed by atoms with van der Waals surface area (Å²) in [5.74, 6) is 0. The van der Waals surface area contributed by atoms with E-state index in [1.807, 2.05) is 0 Å². The molecule has 0 amide bonds. The molecule has 0 saturated carbocycles. The minimum absolute atomic E-state index is 0.0547. The van der Waals surface area contributed by atoms with Crippen molar-refractivity contribution >= 4 is 0 Å². The van der Waals surface area contributed by atoms with Crippen molar-refractivity contribution in [2.24, 2.45) is 0 Å². The molecule has 0 bridgehead atoms. The molecule has 1 aliphatic rings. The van der Waals surface area contributed by atoms with Crippen molar-refractivity contribution in [2.45, 2.75) is 58.1 Å². The molecule has 2 unspecified atom stereocenters. The van der Waals surface area contributed by atoms with E-state index >= 15 is 0 Å². The zero-order valence-electron chi connectivity index (χ0n) is 12.5. The standard InChI is InChI=1S/C17H27NO/c1-4-8-14-9-6-10-15(13-14)16(18-5-2)17(3)11-7-12-19-17/h6,9-10,13,16,18H,4-5,7-8,11-12H2,1-3H3. The van der Waals surface area contributed by atoms with Crippen molar-refractivity contribution in [2.75, 3.05) is 13.2 Å². The molecule has 1 saturated heterocycles. The Morgan fingerprint density at radius 3 is 2.84 bits per heavy atom. The minimum Gasteiger partial charge on any atom is -0.373 e. The molecule has 2 nitrogen and oxygen atoms in total. The Bertz CT molecular complexity index is 396. The Morgan fingerprint density at radius 2 is 2.21 bits per heavy atom. The second-order valence-electron chi connectivity index (χ2n) is 5.75. The van der Waals surface area contributed by atoms with Crippen LogP contribution in [0.15, 0.2) is 24.3 Å². The lowest BCUT2D eigenvalue weighted by Gasteiger charge is -2.34. The van der Waals surface area contributed by atoms with Gasteiger partial charge in [0.15, 0.2) is 0 Å². The Morgan fingerprint density at radius 1 is 1.37 bits per heavy atom. The highest BCUT2D eigenvalue weighted by atomic mass is 16.5. The zero-order chi connectivity index (χ0) is 13.7. The molecule has 1 N–H and O–H groups in total. The molecule has 0 aromatic heterocycles. The number of hydrogen-bond donors (Lipinski definition) is 1. The zero-order valence-corrected chi connectivity index (χ0v) is 12.5. The monoisotopic (exact) mass is 261 g/mol. The van der Waals surface area contributed by atoms with Crippen LogP contribution in [0.4, 0.5) is 0 Å². The van der Waals surface area contributed by atoms with Gasteiger partial charge in [0.05, 0.1) is 11.6 Å². The maximum atomic E-state index is 6.05. The molecule has 1 heterocycles. The third-order valence-electron chi connectivity index (χ3n) is 4.09. The van der Waals surface area contributed by atoms with E-state index in [-0.39, 0.29) is 5.60 Å². The summed E-state index contributed by atoms with van der Waals surface area (Å²) < 4.78 is 6.05. The second kappa shape index (κ2) is 6.53. The van der Waals surface area contributed by atoms with Gasteiger partial charge < -0.3 is 10.1 Å². The van der Waals surface area contributed by atoms with E-state index in [9.17, 15) is 0 Å². The lowest BCUT2D eigenvalue weighted by atomic mass is 9.86. The summed E-state index contributed by atoms with van der Waals surface area (Å²) in [6.45, 7) is 8.52. The fourth-order valence-electron chi connectivity index (χ4n) is 3.14. The van der Waals surface area contributed by atoms with E-state index < -0.39 is 0 Å². The summed E-state index contributed by atoms with van der Waals surface area (Å²) in [4.78, 5) is 0. The van der Waals surface area contributed by atoms with Gasteiger partial charge in [0.1, 0.15) is 0 Å². The van der Waals surface area contributed by atoms with E-state index in [2.05, 4.69) is 50.4 Å². The lowest BCUT2D eigenvalue weighted by Crippen LogP contribution is -2.41. The van der Waals surface area contributed by atoms with Crippen molar-refractivity contribution in [3.8, 4) is 0 Å². The van der Waals surface area contributed by atoms with Gasteiger partial charge in [0.2, 0.25) is 0 Å². The fraction of sp³-hybridized carbons (Fsp3) is 0.647. The van der Waals surface area contributed by atoms with Gasteiger partial charge in [-0.3, -0.25) is 0 Å². The second-order valence-corrected chi connectivity index (χ2v) is 5.75. The van der Waals surface area contributed by atoms with Crippen LogP contribution in [0.2, 0.25) is 0 Å². The Labute approximate surface area is 117 Å². The topological polar surface area (TPSA) is 21.3 Å². The molecule has 1 aliphatic heterocycles. The maximum absolute atomic E-state index is 6.05. The smallest absolute Gasteiger partial charge is 0.0849 e. The molecule has 0 radical (unpaired) electrons. The van der Waals surface area contributed by atoms with Gasteiger partial charge in [-0.05, 0) is 43.9 Å². The van der Waals surface area contributed by atoms with Crippen LogP contribution in [0.1, 0.15) is 57.2 Å². The SMILES string of the molecule is CCCc1cccc(C(NCC)C2(C)CCCO2)c1. The third-order valence-corrected chi connectivity index (χ3v) is 4.09. The first kappa shape index (κ1) is 14.5. The van der Waals surface area contributed by atoms with Crippen LogP contribution in [-0.4, -0.2) is 18.8 Å². The van der Waals surface area contributed by atoms with Crippen molar-refractivity contribution in [3.63, 3.8) is 0 Å². The fourth-order valence-corrected chi connectivity index (χ4v) is 3.14. The van der Waals surface area contributed by atoms with Gasteiger partial charge in [-0.25, -0.2) is 0 Å². The highest BCUT2D eigenvalue weighted by Crippen LogP contribution is 2.37. The molecule has 0 aliphatic carbocycles. The molecular weight excluding hydrogens is 234 g/mol. The molecule has 1 fully saturated rings. The average molecular weight is 261 g/mol. The number of ether oxygens (including phenoxy) is 1. The molecule has 2 heteroatoms. The summed E-state index contributed by atoms with van der Waals surface area (Å²) in [5, 5.41) is 3.63. The van der Waals surface area contributed by atoms with E-state index in [0.29, 0.717) is 6.04 Å². The number of benzene rings is 1. The van der Waals surface area contributed by atoms with Gasteiger partial charge in [-0.15, -0.1) is 0 Å². The van der Waals surface area contributed by atoms with Gasteiger partial charge >= 0.3 is 0 Å². The van der Waals surface area contributed by atoms with Crippen LogP contribution in [0.5, 0.6) is 0 Å². The Hall–Kier alpha value is -0.860. The highest BCUT2D eigenvalue weighted by Gasteiger charge is 2.38. The molecule has 19 heavy (non-hydrogen) atoms. The number of nitrogens with one attached hydrogen (secondary N) is 1. The molecular formula is C17H27NO. The van der Waals surface area contributed by atoms with Crippen LogP contribution >= 0.6 is 0 Å². The third kappa shape index (κ3) is 3.37. The highest BCUT2D eigenvalue weighted by molar-refractivity contribution is 5.28. The number of likely N-dealkylation sites (N-methyl/N-ethyl adjacent to an activating group) is 1. The quantitative estimate of drug-likeness (QED) is 0.839. The minimum atomic E-state index is -0.0547. The van der Waals surface area contributed by atoms with Gasteiger partial charge in [-0.2, -0.15) is 0 Å². The first-order valence-corrected chi connectivity index (χ1v) is 7.66. The molecule has 2 rings (SSSR count). The van der Waals surface area contributed by atoms with E-state index in [4.69, 9.17) is 4.74 Å². The summed E-state index contributed by atoms with van der Waals surface area (Å²) >= 11 is 0. The van der Waals surface area contributed by atoms with Crippen LogP contribution < -0.4 is 5.32 Å². The summed E-state index contributed by atoms with van der Waals surface area (Å²) in [5.41, 5.74) is 2.75. The van der Waals surface area contributed by atoms with Crippen LogP contribution in [0, 0.1) is 0 Å². The van der Waals surface area contributed by atoms with E-state index in [0.717, 1.165) is 26.0 Å².